The molecule has 43 heavy (non-hydrogen) atoms. The Labute approximate surface area is 267 Å². The normalized spacial score (nSPS) is 13.5. The van der Waals surface area contributed by atoms with Crippen molar-refractivity contribution in [3.8, 4) is 0 Å². The second-order valence-electron chi connectivity index (χ2n) is 8.95. The number of hydrogen-bond donors (Lipinski definition) is 0. The van der Waals surface area contributed by atoms with E-state index in [-0.39, 0.29) is 6.42 Å². The minimum Gasteiger partial charge on any atom is -0.374 e. The van der Waals surface area contributed by atoms with Crippen molar-refractivity contribution in [3.63, 3.8) is 0 Å². The summed E-state index contributed by atoms with van der Waals surface area (Å²) in [5.74, 6) is 0. The summed E-state index contributed by atoms with van der Waals surface area (Å²) in [6.45, 7) is 27.5. The molecule has 0 aromatic carbocycles. The predicted octanol–water partition coefficient (Wildman–Crippen LogP) is 5.39. The molecular formula is C27H64O12Si4. The van der Waals surface area contributed by atoms with Crippen LogP contribution in [0.25, 0.3) is 0 Å². The van der Waals surface area contributed by atoms with Crippen molar-refractivity contribution in [1.82, 2.24) is 0 Å². The van der Waals surface area contributed by atoms with Gasteiger partial charge in [0.1, 0.15) is 0 Å². The third-order valence-electron chi connectivity index (χ3n) is 6.32. The van der Waals surface area contributed by atoms with Gasteiger partial charge in [-0.05, 0) is 89.5 Å². The van der Waals surface area contributed by atoms with E-state index in [1.165, 1.54) is 0 Å². The summed E-state index contributed by atoms with van der Waals surface area (Å²) < 4.78 is 78.9. The summed E-state index contributed by atoms with van der Waals surface area (Å²) >= 11 is 0. The first-order valence-electron chi connectivity index (χ1n) is 16.4. The summed E-state index contributed by atoms with van der Waals surface area (Å²) in [5, 5.41) is -1.21. The molecule has 0 rings (SSSR count). The van der Waals surface area contributed by atoms with Gasteiger partial charge in [0.25, 0.3) is 0 Å². The van der Waals surface area contributed by atoms with E-state index in [0.717, 1.165) is 0 Å². The van der Waals surface area contributed by atoms with Crippen LogP contribution in [-0.2, 0) is 53.1 Å². The van der Waals surface area contributed by atoms with Crippen LogP contribution >= 0.6 is 0 Å². The summed E-state index contributed by atoms with van der Waals surface area (Å²) in [6, 6.07) is 0. The highest BCUT2D eigenvalue weighted by atomic mass is 28.5. The van der Waals surface area contributed by atoms with E-state index in [4.69, 9.17) is 53.1 Å². The Morgan fingerprint density at radius 2 is 0.372 bits per heavy atom. The van der Waals surface area contributed by atoms with Gasteiger partial charge < -0.3 is 53.1 Å². The van der Waals surface area contributed by atoms with Crippen LogP contribution < -0.4 is 0 Å². The highest BCUT2D eigenvalue weighted by molar-refractivity contribution is 6.85. The largest absolute Gasteiger partial charge is 0.508 e. The van der Waals surface area contributed by atoms with E-state index < -0.39 is 45.5 Å². The first-order chi connectivity index (χ1) is 20.7. The quantitative estimate of drug-likeness (QED) is 0.0901. The molecular weight excluding hydrogens is 629 g/mol. The van der Waals surface area contributed by atoms with Gasteiger partial charge in [0.2, 0.25) is 0 Å². The van der Waals surface area contributed by atoms with Crippen molar-refractivity contribution in [2.75, 3.05) is 79.3 Å². The van der Waals surface area contributed by atoms with Gasteiger partial charge in [-0.3, -0.25) is 0 Å². The molecule has 0 heterocycles. The van der Waals surface area contributed by atoms with Crippen molar-refractivity contribution in [2.45, 2.75) is 99.8 Å². The number of hydrogen-bond acceptors (Lipinski definition) is 12. The molecule has 260 valence electrons. The van der Waals surface area contributed by atoms with E-state index in [0.29, 0.717) is 79.3 Å². The summed E-state index contributed by atoms with van der Waals surface area (Å²) in [5.41, 5.74) is 0. The van der Waals surface area contributed by atoms with Crippen molar-refractivity contribution < 1.29 is 53.1 Å². The Kier molecular flexibility index (Phi) is 23.9. The van der Waals surface area contributed by atoms with Gasteiger partial charge in [0, 0.05) is 79.3 Å². The van der Waals surface area contributed by atoms with E-state index in [9.17, 15) is 0 Å². The molecule has 0 bridgehead atoms. The maximum Gasteiger partial charge on any atom is 0.508 e. The van der Waals surface area contributed by atoms with E-state index in [2.05, 4.69) is 0 Å². The molecule has 0 aliphatic heterocycles. The molecule has 0 fully saturated rings. The smallest absolute Gasteiger partial charge is 0.374 e. The topological polar surface area (TPSA) is 111 Å². The second-order valence-corrected chi connectivity index (χ2v) is 21.2. The Balaban J connectivity index is 8.13. The highest BCUT2D eigenvalue weighted by Crippen LogP contribution is 2.50. The first kappa shape index (κ1) is 43.4. The lowest BCUT2D eigenvalue weighted by molar-refractivity contribution is 0.0186. The van der Waals surface area contributed by atoms with Crippen LogP contribution in [0.1, 0.15) is 89.5 Å². The minimum absolute atomic E-state index is 0.275. The molecule has 0 aromatic rings. The van der Waals surface area contributed by atoms with Crippen LogP contribution in [0.3, 0.4) is 0 Å². The lowest BCUT2D eigenvalue weighted by Gasteiger charge is -2.47. The SMILES string of the molecule is CCO[Si](OCC)(OCC)C(CC([Si](OCC)(OCC)OCC)[Si](OCC)(OCC)OCC)[Si](OCC)(OCC)OCC. The van der Waals surface area contributed by atoms with Gasteiger partial charge in [-0.25, -0.2) is 0 Å². The molecule has 0 N–H and O–H groups in total. The zero-order valence-corrected chi connectivity index (χ0v) is 33.2. The molecule has 0 aromatic heterocycles. The fraction of sp³-hybridized carbons (Fsp3) is 1.00. The van der Waals surface area contributed by atoms with Gasteiger partial charge in [-0.15, -0.1) is 0 Å². The van der Waals surface area contributed by atoms with Gasteiger partial charge in [-0.1, -0.05) is 0 Å². The molecule has 12 nitrogen and oxygen atoms in total. The molecule has 16 heteroatoms. The van der Waals surface area contributed by atoms with Crippen LogP contribution in [0.5, 0.6) is 0 Å². The lowest BCUT2D eigenvalue weighted by atomic mass is 10.5. The monoisotopic (exact) mass is 692 g/mol. The van der Waals surface area contributed by atoms with Crippen LogP contribution in [0.2, 0.25) is 10.3 Å². The number of rotatable bonds is 30. The van der Waals surface area contributed by atoms with Gasteiger partial charge >= 0.3 is 35.2 Å². The van der Waals surface area contributed by atoms with Crippen LogP contribution in [0.15, 0.2) is 0 Å². The maximum absolute atomic E-state index is 6.58. The van der Waals surface area contributed by atoms with E-state index in [1.807, 2.05) is 83.1 Å². The molecule has 0 aliphatic carbocycles. The highest BCUT2D eigenvalue weighted by Gasteiger charge is 2.73. The van der Waals surface area contributed by atoms with Crippen molar-refractivity contribution in [2.24, 2.45) is 0 Å². The molecule has 0 amide bonds. The van der Waals surface area contributed by atoms with E-state index >= 15 is 0 Å². The van der Waals surface area contributed by atoms with Crippen LogP contribution in [-0.4, -0.2) is 115 Å². The van der Waals surface area contributed by atoms with Crippen LogP contribution in [0.4, 0.5) is 0 Å². The molecule has 0 spiro atoms. The molecule has 0 unspecified atom stereocenters. The molecule has 0 saturated heterocycles. The average Bonchev–Trinajstić information content (AvgIpc) is 2.95. The lowest BCUT2D eigenvalue weighted by Crippen LogP contribution is -2.69. The fourth-order valence-electron chi connectivity index (χ4n) is 5.37. The Morgan fingerprint density at radius 3 is 0.465 bits per heavy atom. The summed E-state index contributed by atoms with van der Waals surface area (Å²) in [7, 11) is -14.5. The zero-order valence-electron chi connectivity index (χ0n) is 29.2. The third kappa shape index (κ3) is 11.8. The van der Waals surface area contributed by atoms with Crippen molar-refractivity contribution >= 4 is 35.2 Å². The van der Waals surface area contributed by atoms with Gasteiger partial charge in [0.05, 0.1) is 10.3 Å². The summed E-state index contributed by atoms with van der Waals surface area (Å²) in [6.07, 6.45) is 0.275. The maximum atomic E-state index is 6.58. The summed E-state index contributed by atoms with van der Waals surface area (Å²) in [4.78, 5) is 0. The van der Waals surface area contributed by atoms with Crippen molar-refractivity contribution in [3.05, 3.63) is 0 Å². The minimum atomic E-state index is -3.63. The Morgan fingerprint density at radius 1 is 0.256 bits per heavy atom. The predicted molar refractivity (Wildman–Crippen MR) is 175 cm³/mol. The van der Waals surface area contributed by atoms with Crippen molar-refractivity contribution in [1.29, 1.82) is 0 Å². The molecule has 0 radical (unpaired) electrons. The molecule has 0 aliphatic rings. The molecule has 0 saturated carbocycles. The van der Waals surface area contributed by atoms with Crippen LogP contribution in [0, 0.1) is 0 Å². The van der Waals surface area contributed by atoms with E-state index in [1.54, 1.807) is 0 Å². The molecule has 0 atom stereocenters. The third-order valence-corrected chi connectivity index (χ3v) is 23.2. The Bertz CT molecular complexity index is 508. The standard InChI is InChI=1S/C27H64O12Si4/c1-13-28-40(29-14-2,30-15-3)26(41(31-16-4,32-17-5)33-18-6)25-27(42(34-19-7,35-20-8)36-21-9)43(37-22-10,38-23-11)39-24-12/h26-27H,13-25H2,1-12H3. The average molecular weight is 693 g/mol. The zero-order chi connectivity index (χ0) is 32.8. The van der Waals surface area contributed by atoms with Gasteiger partial charge in [0.15, 0.2) is 0 Å². The first-order valence-corrected chi connectivity index (χ1v) is 23.6. The van der Waals surface area contributed by atoms with Gasteiger partial charge in [-0.2, -0.15) is 0 Å². The Hall–Kier alpha value is 0.388. The fourth-order valence-corrected chi connectivity index (χ4v) is 23.1. The second kappa shape index (κ2) is 23.7.